The molecule has 0 aromatic heterocycles. The van der Waals surface area contributed by atoms with Crippen molar-refractivity contribution in [3.8, 4) is 11.8 Å². The first kappa shape index (κ1) is 24.6. The van der Waals surface area contributed by atoms with Crippen molar-refractivity contribution in [1.29, 1.82) is 0 Å². The minimum absolute atomic E-state index is 0.119. The third kappa shape index (κ3) is 3.97. The van der Waals surface area contributed by atoms with E-state index in [0.717, 1.165) is 19.2 Å². The highest BCUT2D eigenvalue weighted by molar-refractivity contribution is 6.30. The van der Waals surface area contributed by atoms with Crippen molar-refractivity contribution in [1.82, 2.24) is 0 Å². The van der Waals surface area contributed by atoms with E-state index in [1.165, 1.54) is 6.07 Å². The normalized spacial score (nSPS) is 33.4. The molecule has 13 heteroatoms. The summed E-state index contributed by atoms with van der Waals surface area (Å²) < 4.78 is 57.8. The molecule has 2 fully saturated rings. The Labute approximate surface area is 195 Å². The summed E-state index contributed by atoms with van der Waals surface area (Å²) in [7, 11) is 0.966. The SMILES string of the molecule is COC(=O)[C@H]1O[C@@H](N2C(=O)O[C@](C#CC3CC3)(C(F)(F)F)c3cc(Cl)ccc32)[C@H](O)[C@@H](O)[C@@H]1O. The van der Waals surface area contributed by atoms with Crippen LogP contribution in [0, 0.1) is 17.8 Å². The molecule has 4 rings (SSSR count). The minimum Gasteiger partial charge on any atom is -0.467 e. The van der Waals surface area contributed by atoms with Gasteiger partial charge in [-0.25, -0.2) is 14.5 Å². The van der Waals surface area contributed by atoms with Crippen LogP contribution in [0.1, 0.15) is 18.4 Å². The van der Waals surface area contributed by atoms with Crippen LogP contribution in [0.3, 0.4) is 0 Å². The predicted octanol–water partition coefficient (Wildman–Crippen LogP) is 1.45. The maximum atomic E-state index is 14.4. The molecule has 9 nitrogen and oxygen atoms in total. The standard InChI is InChI=1S/C21H19ClF3NO8/c1-32-18(30)16-14(28)13(27)15(29)17(33-16)26-12-5-4-10(22)8-11(12)20(21(23,24)25,34-19(26)31)7-6-9-2-3-9/h4-5,8-9,13-17,27-29H,2-3H2,1H3/t13-,14-,15+,16-,17+,20-/m0/s1. The van der Waals surface area contributed by atoms with Crippen molar-refractivity contribution in [2.75, 3.05) is 12.0 Å². The number of nitrogens with zero attached hydrogens (tertiary/aromatic N) is 1. The number of anilines is 1. The number of aliphatic hydroxyl groups is 3. The van der Waals surface area contributed by atoms with E-state index in [4.69, 9.17) is 21.1 Å². The molecule has 3 N–H and O–H groups in total. The van der Waals surface area contributed by atoms with Gasteiger partial charge in [0.15, 0.2) is 12.3 Å². The Morgan fingerprint density at radius 2 is 1.91 bits per heavy atom. The molecule has 0 radical (unpaired) electrons. The number of rotatable bonds is 2. The molecule has 1 aromatic carbocycles. The molecule has 0 spiro atoms. The van der Waals surface area contributed by atoms with Gasteiger partial charge >= 0.3 is 18.2 Å². The lowest BCUT2D eigenvalue weighted by Gasteiger charge is -2.47. The smallest absolute Gasteiger partial charge is 0.445 e. The second-order valence-electron chi connectivity index (χ2n) is 8.06. The number of ether oxygens (including phenoxy) is 3. The van der Waals surface area contributed by atoms with Gasteiger partial charge in [0.1, 0.15) is 18.3 Å². The van der Waals surface area contributed by atoms with Crippen molar-refractivity contribution >= 4 is 29.4 Å². The van der Waals surface area contributed by atoms with E-state index in [9.17, 15) is 38.1 Å². The van der Waals surface area contributed by atoms with Crippen molar-refractivity contribution in [3.05, 3.63) is 28.8 Å². The van der Waals surface area contributed by atoms with Gasteiger partial charge in [-0.1, -0.05) is 17.5 Å². The largest absolute Gasteiger partial charge is 0.467 e. The lowest BCUT2D eigenvalue weighted by molar-refractivity contribution is -0.246. The Morgan fingerprint density at radius 3 is 2.50 bits per heavy atom. The third-order valence-corrected chi connectivity index (χ3v) is 5.97. The Balaban J connectivity index is 1.85. The first-order valence-corrected chi connectivity index (χ1v) is 10.5. The molecule has 6 atom stereocenters. The van der Waals surface area contributed by atoms with E-state index >= 15 is 0 Å². The van der Waals surface area contributed by atoms with Crippen LogP contribution in [-0.4, -0.2) is 71.3 Å². The number of cyclic esters (lactones) is 1. The van der Waals surface area contributed by atoms with Crippen molar-refractivity contribution in [2.24, 2.45) is 5.92 Å². The summed E-state index contributed by atoms with van der Waals surface area (Å²) in [6.45, 7) is 0. The van der Waals surface area contributed by atoms with Crippen LogP contribution in [0.4, 0.5) is 23.7 Å². The van der Waals surface area contributed by atoms with E-state index in [1.54, 1.807) is 0 Å². The molecular formula is C21H19ClF3NO8. The van der Waals surface area contributed by atoms with E-state index in [0.29, 0.717) is 17.7 Å². The number of halogens is 4. The fourth-order valence-corrected chi connectivity index (χ4v) is 3.94. The molecule has 2 heterocycles. The number of hydrogen-bond acceptors (Lipinski definition) is 8. The van der Waals surface area contributed by atoms with Gasteiger partial charge in [-0.05, 0) is 37.0 Å². The van der Waals surface area contributed by atoms with Crippen molar-refractivity contribution in [3.63, 3.8) is 0 Å². The molecule has 34 heavy (non-hydrogen) atoms. The molecule has 1 saturated heterocycles. The first-order chi connectivity index (χ1) is 15.9. The molecular weight excluding hydrogens is 487 g/mol. The van der Waals surface area contributed by atoms with Gasteiger partial charge in [0, 0.05) is 16.5 Å². The molecule has 1 aromatic rings. The molecule has 3 aliphatic rings. The summed E-state index contributed by atoms with van der Waals surface area (Å²) >= 11 is 5.96. The van der Waals surface area contributed by atoms with Gasteiger partial charge < -0.3 is 29.5 Å². The average molecular weight is 506 g/mol. The van der Waals surface area contributed by atoms with Gasteiger partial charge in [0.05, 0.1) is 12.8 Å². The van der Waals surface area contributed by atoms with Crippen molar-refractivity contribution in [2.45, 2.75) is 55.3 Å². The molecule has 1 aliphatic carbocycles. The highest BCUT2D eigenvalue weighted by atomic mass is 35.5. The van der Waals surface area contributed by atoms with Gasteiger partial charge in [-0.2, -0.15) is 13.2 Å². The van der Waals surface area contributed by atoms with Crippen LogP contribution in [0.25, 0.3) is 0 Å². The second kappa shape index (κ2) is 8.58. The number of methoxy groups -OCH3 is 1. The summed E-state index contributed by atoms with van der Waals surface area (Å²) in [5.74, 6) is 3.13. The monoisotopic (exact) mass is 505 g/mol. The fraction of sp³-hybridized carbons (Fsp3) is 0.524. The lowest BCUT2D eigenvalue weighted by Crippen LogP contribution is -2.67. The summed E-state index contributed by atoms with van der Waals surface area (Å²) in [6.07, 6.45) is -15.4. The predicted molar refractivity (Wildman–Crippen MR) is 107 cm³/mol. The van der Waals surface area contributed by atoms with Crippen LogP contribution in [-0.2, 0) is 24.6 Å². The second-order valence-corrected chi connectivity index (χ2v) is 8.50. The molecule has 0 unspecified atom stereocenters. The average Bonchev–Trinajstić information content (AvgIpc) is 3.60. The number of esters is 1. The number of fused-ring (bicyclic) bond motifs is 1. The zero-order valence-corrected chi connectivity index (χ0v) is 18.2. The van der Waals surface area contributed by atoms with Gasteiger partial charge in [-0.15, -0.1) is 0 Å². The quantitative estimate of drug-likeness (QED) is 0.407. The summed E-state index contributed by atoms with van der Waals surface area (Å²) in [5, 5.41) is 30.7. The molecule has 0 bridgehead atoms. The maximum Gasteiger partial charge on any atom is 0.445 e. The highest BCUT2D eigenvalue weighted by Gasteiger charge is 2.64. The van der Waals surface area contributed by atoms with E-state index in [-0.39, 0.29) is 10.9 Å². The summed E-state index contributed by atoms with van der Waals surface area (Å²) in [5.41, 5.74) is -4.44. The first-order valence-electron chi connectivity index (χ1n) is 10.1. The van der Waals surface area contributed by atoms with E-state index in [2.05, 4.69) is 16.6 Å². The fourth-order valence-electron chi connectivity index (χ4n) is 3.77. The van der Waals surface area contributed by atoms with Gasteiger partial charge in [0.2, 0.25) is 0 Å². The van der Waals surface area contributed by atoms with Gasteiger partial charge in [0.25, 0.3) is 5.60 Å². The Hall–Kier alpha value is -2.56. The molecule has 2 aliphatic heterocycles. The molecule has 1 saturated carbocycles. The topological polar surface area (TPSA) is 126 Å². The number of alkyl halides is 3. The number of aliphatic hydroxyl groups excluding tert-OH is 3. The zero-order valence-electron chi connectivity index (χ0n) is 17.5. The number of benzene rings is 1. The van der Waals surface area contributed by atoms with Crippen LogP contribution in [0.2, 0.25) is 5.02 Å². The van der Waals surface area contributed by atoms with Crippen LogP contribution < -0.4 is 4.90 Å². The zero-order chi connectivity index (χ0) is 25.0. The number of hydrogen-bond donors (Lipinski definition) is 3. The molecule has 1 amide bonds. The van der Waals surface area contributed by atoms with Crippen molar-refractivity contribution < 1.29 is 52.3 Å². The Kier molecular flexibility index (Phi) is 6.20. The number of carbonyl (C=O) groups excluding carboxylic acids is 2. The Morgan fingerprint density at radius 1 is 1.24 bits per heavy atom. The van der Waals surface area contributed by atoms with E-state index < -0.39 is 65.7 Å². The van der Waals surface area contributed by atoms with E-state index in [1.807, 2.05) is 0 Å². The third-order valence-electron chi connectivity index (χ3n) is 5.74. The minimum atomic E-state index is -5.17. The number of carbonyl (C=O) groups is 2. The summed E-state index contributed by atoms with van der Waals surface area (Å²) in [6, 6.07) is 3.18. The van der Waals surface area contributed by atoms with Crippen LogP contribution in [0.5, 0.6) is 0 Å². The highest BCUT2D eigenvalue weighted by Crippen LogP contribution is 2.51. The summed E-state index contributed by atoms with van der Waals surface area (Å²) in [4.78, 5) is 25.5. The van der Waals surface area contributed by atoms with Crippen LogP contribution in [0.15, 0.2) is 18.2 Å². The number of amides is 1. The molecule has 184 valence electrons. The lowest BCUT2D eigenvalue weighted by atomic mass is 9.88. The van der Waals surface area contributed by atoms with Crippen LogP contribution >= 0.6 is 11.6 Å². The van der Waals surface area contributed by atoms with Gasteiger partial charge in [-0.3, -0.25) is 0 Å². The maximum absolute atomic E-state index is 14.4. The Bertz CT molecular complexity index is 1070.